The molecule has 1 saturated heterocycles. The second-order valence-corrected chi connectivity index (χ2v) is 8.55. The zero-order chi connectivity index (χ0) is 14.9. The first-order valence-electron chi connectivity index (χ1n) is 9.60. The van der Waals surface area contributed by atoms with Crippen molar-refractivity contribution in [2.24, 2.45) is 17.8 Å². The Kier molecular flexibility index (Phi) is 4.95. The summed E-state index contributed by atoms with van der Waals surface area (Å²) in [6.07, 6.45) is 11.6. The fraction of sp³-hybridized carbons (Fsp3) is 1.00. The molecule has 3 rings (SSSR count). The Hall–Kier alpha value is -0.0800. The standard InChI is InChI=1S/C19H36N2/c1-15(2)17-8-7-16(3)13-18(17)21-12-11-20-14-19(21)9-5-4-6-10-19/h15-18,20H,4-14H2,1-3H3. The Bertz CT molecular complexity index is 324. The normalized spacial score (nSPS) is 38.0. The summed E-state index contributed by atoms with van der Waals surface area (Å²) >= 11 is 0. The molecule has 0 bridgehead atoms. The van der Waals surface area contributed by atoms with Gasteiger partial charge in [0.25, 0.3) is 0 Å². The maximum absolute atomic E-state index is 3.73. The molecule has 3 unspecified atom stereocenters. The van der Waals surface area contributed by atoms with Crippen LogP contribution >= 0.6 is 0 Å². The van der Waals surface area contributed by atoms with Crippen LogP contribution in [0.25, 0.3) is 0 Å². The second kappa shape index (κ2) is 6.58. The van der Waals surface area contributed by atoms with Crippen LogP contribution in [0.15, 0.2) is 0 Å². The van der Waals surface area contributed by atoms with Crippen LogP contribution < -0.4 is 5.32 Å². The van der Waals surface area contributed by atoms with Gasteiger partial charge in [0.15, 0.2) is 0 Å². The fourth-order valence-electron chi connectivity index (χ4n) is 5.56. The van der Waals surface area contributed by atoms with Gasteiger partial charge in [-0.25, -0.2) is 0 Å². The van der Waals surface area contributed by atoms with Gasteiger partial charge in [-0.1, -0.05) is 46.5 Å². The van der Waals surface area contributed by atoms with E-state index < -0.39 is 0 Å². The number of hydrogen-bond acceptors (Lipinski definition) is 2. The molecule has 21 heavy (non-hydrogen) atoms. The molecule has 0 aromatic carbocycles. The van der Waals surface area contributed by atoms with E-state index in [0.717, 1.165) is 23.8 Å². The highest BCUT2D eigenvalue weighted by atomic mass is 15.3. The van der Waals surface area contributed by atoms with E-state index in [4.69, 9.17) is 0 Å². The summed E-state index contributed by atoms with van der Waals surface area (Å²) < 4.78 is 0. The molecule has 2 nitrogen and oxygen atoms in total. The molecular weight excluding hydrogens is 256 g/mol. The van der Waals surface area contributed by atoms with Gasteiger partial charge in [-0.3, -0.25) is 4.90 Å². The van der Waals surface area contributed by atoms with Crippen molar-refractivity contribution in [3.05, 3.63) is 0 Å². The van der Waals surface area contributed by atoms with Gasteiger partial charge in [0.2, 0.25) is 0 Å². The highest BCUT2D eigenvalue weighted by Crippen LogP contribution is 2.43. The molecule has 1 aliphatic heterocycles. The Balaban J connectivity index is 1.82. The summed E-state index contributed by atoms with van der Waals surface area (Å²) in [5.41, 5.74) is 0.505. The third kappa shape index (κ3) is 3.17. The average Bonchev–Trinajstić information content (AvgIpc) is 2.48. The molecule has 3 atom stereocenters. The van der Waals surface area contributed by atoms with Gasteiger partial charge in [0.05, 0.1) is 0 Å². The highest BCUT2D eigenvalue weighted by Gasteiger charge is 2.46. The lowest BCUT2D eigenvalue weighted by molar-refractivity contribution is -0.0540. The van der Waals surface area contributed by atoms with E-state index in [9.17, 15) is 0 Å². The Morgan fingerprint density at radius 3 is 2.57 bits per heavy atom. The molecule has 0 amide bonds. The van der Waals surface area contributed by atoms with E-state index in [1.807, 2.05) is 0 Å². The largest absolute Gasteiger partial charge is 0.314 e. The minimum absolute atomic E-state index is 0.505. The number of rotatable bonds is 2. The van der Waals surface area contributed by atoms with Crippen molar-refractivity contribution in [2.75, 3.05) is 19.6 Å². The van der Waals surface area contributed by atoms with Gasteiger partial charge in [-0.15, -0.1) is 0 Å². The molecule has 3 aliphatic rings. The smallest absolute Gasteiger partial charge is 0.0337 e. The summed E-state index contributed by atoms with van der Waals surface area (Å²) in [4.78, 5) is 3.02. The highest BCUT2D eigenvalue weighted by molar-refractivity contribution is 5.02. The lowest BCUT2D eigenvalue weighted by atomic mass is 9.70. The van der Waals surface area contributed by atoms with Crippen LogP contribution in [0.2, 0.25) is 0 Å². The average molecular weight is 293 g/mol. The van der Waals surface area contributed by atoms with Gasteiger partial charge in [-0.05, 0) is 43.4 Å². The first-order chi connectivity index (χ1) is 10.1. The predicted octanol–water partition coefficient (Wildman–Crippen LogP) is 4.06. The number of piperazine rings is 1. The van der Waals surface area contributed by atoms with E-state index in [-0.39, 0.29) is 0 Å². The molecule has 0 aromatic heterocycles. The predicted molar refractivity (Wildman–Crippen MR) is 90.5 cm³/mol. The van der Waals surface area contributed by atoms with Crippen molar-refractivity contribution in [1.29, 1.82) is 0 Å². The van der Waals surface area contributed by atoms with E-state index in [0.29, 0.717) is 5.54 Å². The molecular formula is C19H36N2. The van der Waals surface area contributed by atoms with Crippen molar-refractivity contribution in [2.45, 2.75) is 83.7 Å². The van der Waals surface area contributed by atoms with Crippen LogP contribution in [-0.2, 0) is 0 Å². The molecule has 3 fully saturated rings. The molecule has 2 aliphatic carbocycles. The maximum Gasteiger partial charge on any atom is 0.0337 e. The van der Waals surface area contributed by atoms with E-state index in [2.05, 4.69) is 31.0 Å². The molecule has 1 spiro atoms. The maximum atomic E-state index is 3.73. The van der Waals surface area contributed by atoms with Crippen molar-refractivity contribution >= 4 is 0 Å². The van der Waals surface area contributed by atoms with E-state index in [1.54, 1.807) is 0 Å². The molecule has 1 N–H and O–H groups in total. The van der Waals surface area contributed by atoms with Crippen molar-refractivity contribution in [3.8, 4) is 0 Å². The summed E-state index contributed by atoms with van der Waals surface area (Å²) in [6.45, 7) is 11.2. The zero-order valence-electron chi connectivity index (χ0n) is 14.5. The molecule has 1 heterocycles. The zero-order valence-corrected chi connectivity index (χ0v) is 14.5. The van der Waals surface area contributed by atoms with Gasteiger partial charge >= 0.3 is 0 Å². The third-order valence-corrected chi connectivity index (χ3v) is 6.76. The Morgan fingerprint density at radius 1 is 1.10 bits per heavy atom. The summed E-state index contributed by atoms with van der Waals surface area (Å²) in [5, 5.41) is 3.73. The minimum Gasteiger partial charge on any atom is -0.314 e. The van der Waals surface area contributed by atoms with E-state index >= 15 is 0 Å². The summed E-state index contributed by atoms with van der Waals surface area (Å²) in [6, 6.07) is 0.856. The van der Waals surface area contributed by atoms with Crippen LogP contribution in [0.3, 0.4) is 0 Å². The Morgan fingerprint density at radius 2 is 1.86 bits per heavy atom. The summed E-state index contributed by atoms with van der Waals surface area (Å²) in [5.74, 6) is 2.71. The van der Waals surface area contributed by atoms with Gasteiger partial charge in [0.1, 0.15) is 0 Å². The topological polar surface area (TPSA) is 15.3 Å². The molecule has 2 saturated carbocycles. The lowest BCUT2D eigenvalue weighted by Gasteiger charge is -2.56. The lowest BCUT2D eigenvalue weighted by Crippen LogP contribution is -2.66. The third-order valence-electron chi connectivity index (χ3n) is 6.76. The van der Waals surface area contributed by atoms with Gasteiger partial charge in [-0.2, -0.15) is 0 Å². The monoisotopic (exact) mass is 292 g/mol. The number of hydrogen-bond donors (Lipinski definition) is 1. The van der Waals surface area contributed by atoms with Crippen molar-refractivity contribution < 1.29 is 0 Å². The van der Waals surface area contributed by atoms with Gasteiger partial charge < -0.3 is 5.32 Å². The van der Waals surface area contributed by atoms with Crippen LogP contribution in [0, 0.1) is 17.8 Å². The van der Waals surface area contributed by atoms with Crippen LogP contribution in [-0.4, -0.2) is 36.1 Å². The molecule has 2 heteroatoms. The summed E-state index contributed by atoms with van der Waals surface area (Å²) in [7, 11) is 0. The first kappa shape index (κ1) is 15.8. The second-order valence-electron chi connectivity index (χ2n) is 8.55. The SMILES string of the molecule is CC1CCC(C(C)C)C(N2CCNCC23CCCCC3)C1. The van der Waals surface area contributed by atoms with Crippen molar-refractivity contribution in [3.63, 3.8) is 0 Å². The molecule has 0 radical (unpaired) electrons. The van der Waals surface area contributed by atoms with Gasteiger partial charge in [0, 0.05) is 31.2 Å². The number of nitrogens with zero attached hydrogens (tertiary/aromatic N) is 1. The first-order valence-corrected chi connectivity index (χ1v) is 9.60. The Labute approximate surface area is 132 Å². The fourth-order valence-corrected chi connectivity index (χ4v) is 5.56. The minimum atomic E-state index is 0.505. The van der Waals surface area contributed by atoms with Crippen LogP contribution in [0.5, 0.6) is 0 Å². The van der Waals surface area contributed by atoms with Crippen LogP contribution in [0.4, 0.5) is 0 Å². The molecule has 0 aromatic rings. The van der Waals surface area contributed by atoms with E-state index in [1.165, 1.54) is 71.0 Å². The molecule has 122 valence electrons. The van der Waals surface area contributed by atoms with Crippen LogP contribution in [0.1, 0.15) is 72.1 Å². The quantitative estimate of drug-likeness (QED) is 0.826. The van der Waals surface area contributed by atoms with Crippen molar-refractivity contribution in [1.82, 2.24) is 10.2 Å². The number of nitrogens with one attached hydrogen (secondary N) is 1.